The molecule has 1 unspecified atom stereocenters. The minimum Gasteiger partial charge on any atom is -0.304 e. The van der Waals surface area contributed by atoms with E-state index in [9.17, 15) is 8.78 Å². The Bertz CT molecular complexity index is 500. The first-order valence-corrected chi connectivity index (χ1v) is 6.65. The maximum absolute atomic E-state index is 13.0. The lowest BCUT2D eigenvalue weighted by Gasteiger charge is -2.14. The fourth-order valence-electron chi connectivity index (χ4n) is 1.70. The van der Waals surface area contributed by atoms with E-state index in [-0.39, 0.29) is 6.04 Å². The van der Waals surface area contributed by atoms with Crippen LogP contribution in [0.3, 0.4) is 0 Å². The smallest absolute Gasteiger partial charge is 0.159 e. The average molecular weight is 268 g/mol. The van der Waals surface area contributed by atoms with Crippen LogP contribution < -0.4 is 5.32 Å². The Morgan fingerprint density at radius 2 is 2.17 bits per heavy atom. The highest BCUT2D eigenvalue weighted by atomic mass is 32.1. The fraction of sp³-hybridized carbons (Fsp3) is 0.308. The molecule has 0 amide bonds. The summed E-state index contributed by atoms with van der Waals surface area (Å²) in [7, 11) is 0. The van der Waals surface area contributed by atoms with Crippen LogP contribution in [0, 0.1) is 11.6 Å². The monoisotopic (exact) mass is 268 g/mol. The van der Waals surface area contributed by atoms with Crippen LogP contribution in [0.4, 0.5) is 8.78 Å². The zero-order valence-electron chi connectivity index (χ0n) is 9.99. The molecule has 1 aromatic heterocycles. The minimum absolute atomic E-state index is 0.151. The summed E-state index contributed by atoms with van der Waals surface area (Å²) in [6.45, 7) is 2.56. The molecule has 96 valence electrons. The first kappa shape index (κ1) is 13.1. The molecular weight excluding hydrogens is 254 g/mol. The van der Waals surface area contributed by atoms with E-state index in [0.717, 1.165) is 23.1 Å². The van der Waals surface area contributed by atoms with Crippen molar-refractivity contribution in [3.8, 4) is 0 Å². The lowest BCUT2D eigenvalue weighted by atomic mass is 10.2. The van der Waals surface area contributed by atoms with Crippen molar-refractivity contribution in [3.63, 3.8) is 0 Å². The number of nitrogens with zero attached hydrogens (tertiary/aromatic N) is 1. The lowest BCUT2D eigenvalue weighted by Crippen LogP contribution is -2.20. The standard InChI is InChI=1S/C13H14F2N2S/c1-2-12(13-16-5-6-18-13)17-8-9-3-4-10(14)11(15)7-9/h3-7,12,17H,2,8H2,1H3. The van der Waals surface area contributed by atoms with E-state index in [2.05, 4.69) is 17.2 Å². The number of benzene rings is 1. The van der Waals surface area contributed by atoms with Crippen molar-refractivity contribution in [2.24, 2.45) is 0 Å². The molecular formula is C13H14F2N2S. The quantitative estimate of drug-likeness (QED) is 0.895. The third-order valence-corrected chi connectivity index (χ3v) is 3.58. The molecule has 1 N–H and O–H groups in total. The van der Waals surface area contributed by atoms with E-state index in [1.54, 1.807) is 23.6 Å². The van der Waals surface area contributed by atoms with Gasteiger partial charge in [-0.2, -0.15) is 0 Å². The summed E-state index contributed by atoms with van der Waals surface area (Å²) >= 11 is 1.59. The highest BCUT2D eigenvalue weighted by Gasteiger charge is 2.11. The molecule has 1 atom stereocenters. The first-order chi connectivity index (χ1) is 8.70. The van der Waals surface area contributed by atoms with E-state index >= 15 is 0 Å². The van der Waals surface area contributed by atoms with Crippen LogP contribution in [-0.4, -0.2) is 4.98 Å². The molecule has 0 bridgehead atoms. The van der Waals surface area contributed by atoms with Gasteiger partial charge in [-0.1, -0.05) is 13.0 Å². The van der Waals surface area contributed by atoms with Gasteiger partial charge < -0.3 is 5.32 Å². The van der Waals surface area contributed by atoms with Crippen LogP contribution in [0.1, 0.15) is 30.0 Å². The molecule has 0 fully saturated rings. The normalized spacial score (nSPS) is 12.6. The molecule has 0 aliphatic heterocycles. The van der Waals surface area contributed by atoms with E-state index in [0.29, 0.717) is 6.54 Å². The van der Waals surface area contributed by atoms with Crippen molar-refractivity contribution in [1.29, 1.82) is 0 Å². The van der Waals surface area contributed by atoms with Crippen LogP contribution >= 0.6 is 11.3 Å². The second kappa shape index (κ2) is 6.02. The number of nitrogens with one attached hydrogen (secondary N) is 1. The first-order valence-electron chi connectivity index (χ1n) is 5.77. The second-order valence-electron chi connectivity index (χ2n) is 3.96. The number of hydrogen-bond acceptors (Lipinski definition) is 3. The topological polar surface area (TPSA) is 24.9 Å². The van der Waals surface area contributed by atoms with Crippen LogP contribution in [-0.2, 0) is 6.54 Å². The van der Waals surface area contributed by atoms with Crippen molar-refractivity contribution in [3.05, 3.63) is 52.0 Å². The molecule has 18 heavy (non-hydrogen) atoms. The van der Waals surface area contributed by atoms with Gasteiger partial charge in [-0.25, -0.2) is 13.8 Å². The maximum Gasteiger partial charge on any atom is 0.159 e. The average Bonchev–Trinajstić information content (AvgIpc) is 2.88. The Kier molecular flexibility index (Phi) is 4.38. The summed E-state index contributed by atoms with van der Waals surface area (Å²) in [5, 5.41) is 6.24. The summed E-state index contributed by atoms with van der Waals surface area (Å²) in [5.74, 6) is -1.62. The Balaban J connectivity index is 1.99. The molecule has 2 aromatic rings. The van der Waals surface area contributed by atoms with Gasteiger partial charge in [0.15, 0.2) is 11.6 Å². The van der Waals surface area contributed by atoms with Crippen molar-refractivity contribution in [2.75, 3.05) is 0 Å². The molecule has 0 saturated carbocycles. The van der Waals surface area contributed by atoms with Gasteiger partial charge in [0.25, 0.3) is 0 Å². The van der Waals surface area contributed by atoms with Gasteiger partial charge in [-0.05, 0) is 24.1 Å². The van der Waals surface area contributed by atoms with Crippen LogP contribution in [0.25, 0.3) is 0 Å². The van der Waals surface area contributed by atoms with Crippen LogP contribution in [0.15, 0.2) is 29.8 Å². The molecule has 2 nitrogen and oxygen atoms in total. The summed E-state index contributed by atoms with van der Waals surface area (Å²) in [6, 6.07) is 4.10. The largest absolute Gasteiger partial charge is 0.304 e. The van der Waals surface area contributed by atoms with E-state index in [1.165, 1.54) is 6.07 Å². The number of rotatable bonds is 5. The van der Waals surface area contributed by atoms with Gasteiger partial charge in [0.05, 0.1) is 6.04 Å². The number of halogens is 2. The summed E-state index contributed by atoms with van der Waals surface area (Å²) < 4.78 is 25.8. The Labute approximate surface area is 109 Å². The predicted octanol–water partition coefficient (Wildman–Crippen LogP) is 3.66. The van der Waals surface area contributed by atoms with Gasteiger partial charge >= 0.3 is 0 Å². The van der Waals surface area contributed by atoms with Gasteiger partial charge in [-0.3, -0.25) is 0 Å². The molecule has 5 heteroatoms. The SMILES string of the molecule is CCC(NCc1ccc(F)c(F)c1)c1nccs1. The third-order valence-electron chi connectivity index (χ3n) is 2.69. The van der Waals surface area contributed by atoms with Gasteiger partial charge in [-0.15, -0.1) is 11.3 Å². The minimum atomic E-state index is -0.814. The van der Waals surface area contributed by atoms with Crippen molar-refractivity contribution >= 4 is 11.3 Å². The Hall–Kier alpha value is -1.33. The molecule has 1 aromatic carbocycles. The zero-order valence-corrected chi connectivity index (χ0v) is 10.8. The predicted molar refractivity (Wildman–Crippen MR) is 68.3 cm³/mol. The molecule has 0 aliphatic rings. The van der Waals surface area contributed by atoms with E-state index in [4.69, 9.17) is 0 Å². The highest BCUT2D eigenvalue weighted by molar-refractivity contribution is 7.09. The summed E-state index contributed by atoms with van der Waals surface area (Å²) in [4.78, 5) is 4.25. The summed E-state index contributed by atoms with van der Waals surface area (Å²) in [5.41, 5.74) is 0.726. The Morgan fingerprint density at radius 1 is 1.33 bits per heavy atom. The lowest BCUT2D eigenvalue weighted by molar-refractivity contribution is 0.496. The van der Waals surface area contributed by atoms with E-state index in [1.807, 2.05) is 5.38 Å². The molecule has 1 heterocycles. The van der Waals surface area contributed by atoms with Crippen LogP contribution in [0.5, 0.6) is 0 Å². The van der Waals surface area contributed by atoms with Gasteiger partial charge in [0.2, 0.25) is 0 Å². The number of hydrogen-bond donors (Lipinski definition) is 1. The number of aromatic nitrogens is 1. The van der Waals surface area contributed by atoms with E-state index < -0.39 is 11.6 Å². The summed E-state index contributed by atoms with van der Waals surface area (Å²) in [6.07, 6.45) is 2.67. The van der Waals surface area contributed by atoms with Gasteiger partial charge in [0.1, 0.15) is 5.01 Å². The van der Waals surface area contributed by atoms with Crippen molar-refractivity contribution < 1.29 is 8.78 Å². The third kappa shape index (κ3) is 3.11. The highest BCUT2D eigenvalue weighted by Crippen LogP contribution is 2.19. The Morgan fingerprint density at radius 3 is 2.78 bits per heavy atom. The van der Waals surface area contributed by atoms with Crippen molar-refractivity contribution in [1.82, 2.24) is 10.3 Å². The van der Waals surface area contributed by atoms with Gasteiger partial charge in [0, 0.05) is 18.1 Å². The zero-order chi connectivity index (χ0) is 13.0. The molecule has 0 aliphatic carbocycles. The number of thiazole rings is 1. The second-order valence-corrected chi connectivity index (χ2v) is 4.89. The van der Waals surface area contributed by atoms with Crippen molar-refractivity contribution in [2.45, 2.75) is 25.9 Å². The molecule has 0 saturated heterocycles. The molecule has 0 radical (unpaired) electrons. The molecule has 2 rings (SSSR count). The molecule has 0 spiro atoms. The van der Waals surface area contributed by atoms with Crippen LogP contribution in [0.2, 0.25) is 0 Å². The fourth-order valence-corrected chi connectivity index (χ4v) is 2.50. The maximum atomic E-state index is 13.0.